The first-order chi connectivity index (χ1) is 12.3. The van der Waals surface area contributed by atoms with E-state index in [9.17, 15) is 4.79 Å². The second-order valence-corrected chi connectivity index (χ2v) is 6.11. The summed E-state index contributed by atoms with van der Waals surface area (Å²) < 4.78 is 11.2. The molecule has 1 amide bonds. The standard InChI is InChI=1S/C20H24N2O3.ClH/c23-20(12-18-15-24-11-10-21-18)22-19-9-5-4-8-17(19)14-25-13-16-6-2-1-3-7-16;/h1-9,18,21H,10-15H2,(H,22,23);1H. The number of hydrogen-bond donors (Lipinski definition) is 2. The van der Waals surface area contributed by atoms with Crippen LogP contribution < -0.4 is 10.6 Å². The average Bonchev–Trinajstić information content (AvgIpc) is 2.65. The molecule has 1 saturated heterocycles. The third kappa shape index (κ3) is 6.42. The smallest absolute Gasteiger partial charge is 0.226 e. The molecule has 1 aliphatic rings. The van der Waals surface area contributed by atoms with Gasteiger partial charge in [0.25, 0.3) is 0 Å². The summed E-state index contributed by atoms with van der Waals surface area (Å²) in [6.45, 7) is 3.08. The summed E-state index contributed by atoms with van der Waals surface area (Å²) in [5.41, 5.74) is 2.91. The molecule has 26 heavy (non-hydrogen) atoms. The molecular formula is C20H25ClN2O3. The minimum absolute atomic E-state index is 0. The molecule has 0 aliphatic carbocycles. The number of para-hydroxylation sites is 1. The molecule has 0 spiro atoms. The van der Waals surface area contributed by atoms with Crippen LogP contribution in [0.3, 0.4) is 0 Å². The van der Waals surface area contributed by atoms with Crippen LogP contribution in [0.25, 0.3) is 0 Å². The second kappa shape index (κ2) is 10.9. The zero-order valence-corrected chi connectivity index (χ0v) is 15.5. The monoisotopic (exact) mass is 376 g/mol. The zero-order valence-electron chi connectivity index (χ0n) is 14.6. The third-order valence-electron chi connectivity index (χ3n) is 4.09. The van der Waals surface area contributed by atoms with Crippen molar-refractivity contribution in [2.45, 2.75) is 25.7 Å². The number of morpholine rings is 1. The average molecular weight is 377 g/mol. The quantitative estimate of drug-likeness (QED) is 0.779. The van der Waals surface area contributed by atoms with E-state index in [0.717, 1.165) is 23.4 Å². The molecule has 1 heterocycles. The molecule has 1 aliphatic heterocycles. The van der Waals surface area contributed by atoms with E-state index in [-0.39, 0.29) is 24.4 Å². The van der Waals surface area contributed by atoms with Crippen LogP contribution in [0.2, 0.25) is 0 Å². The largest absolute Gasteiger partial charge is 0.378 e. The molecule has 1 fully saturated rings. The fraction of sp³-hybridized carbons (Fsp3) is 0.350. The van der Waals surface area contributed by atoms with Gasteiger partial charge in [-0.2, -0.15) is 0 Å². The summed E-state index contributed by atoms with van der Waals surface area (Å²) in [7, 11) is 0. The summed E-state index contributed by atoms with van der Waals surface area (Å²) >= 11 is 0. The van der Waals surface area contributed by atoms with Crippen molar-refractivity contribution < 1.29 is 14.3 Å². The second-order valence-electron chi connectivity index (χ2n) is 6.11. The molecule has 3 rings (SSSR count). The maximum Gasteiger partial charge on any atom is 0.226 e. The van der Waals surface area contributed by atoms with Gasteiger partial charge in [-0.25, -0.2) is 0 Å². The minimum atomic E-state index is -0.0153. The predicted molar refractivity (Wildman–Crippen MR) is 104 cm³/mol. The van der Waals surface area contributed by atoms with Gasteiger partial charge in [0.05, 0.1) is 26.4 Å². The molecule has 2 N–H and O–H groups in total. The van der Waals surface area contributed by atoms with Crippen LogP contribution in [-0.2, 0) is 27.5 Å². The third-order valence-corrected chi connectivity index (χ3v) is 4.09. The van der Waals surface area contributed by atoms with Gasteiger partial charge in [-0.05, 0) is 11.6 Å². The van der Waals surface area contributed by atoms with Crippen molar-refractivity contribution in [3.05, 3.63) is 65.7 Å². The molecule has 2 aromatic rings. The summed E-state index contributed by atoms with van der Waals surface area (Å²) in [4.78, 5) is 12.3. The molecule has 6 heteroatoms. The van der Waals surface area contributed by atoms with E-state index in [1.54, 1.807) is 0 Å². The van der Waals surface area contributed by atoms with Gasteiger partial charge in [-0.15, -0.1) is 12.4 Å². The van der Waals surface area contributed by atoms with Gasteiger partial charge in [0.15, 0.2) is 0 Å². The Morgan fingerprint density at radius 3 is 2.65 bits per heavy atom. The summed E-state index contributed by atoms with van der Waals surface area (Å²) in [6.07, 6.45) is 0.402. The van der Waals surface area contributed by atoms with Gasteiger partial charge >= 0.3 is 0 Å². The SMILES string of the molecule is Cl.O=C(CC1COCCN1)Nc1ccccc1COCc1ccccc1. The first-order valence-corrected chi connectivity index (χ1v) is 8.62. The van der Waals surface area contributed by atoms with Crippen molar-refractivity contribution in [2.24, 2.45) is 0 Å². The number of halogens is 1. The molecule has 0 aromatic heterocycles. The topological polar surface area (TPSA) is 59.6 Å². The van der Waals surface area contributed by atoms with E-state index in [1.165, 1.54) is 0 Å². The number of carbonyl (C=O) groups excluding carboxylic acids is 1. The van der Waals surface area contributed by atoms with Crippen LogP contribution >= 0.6 is 12.4 Å². The molecule has 0 radical (unpaired) electrons. The number of ether oxygens (including phenoxy) is 2. The van der Waals surface area contributed by atoms with Crippen molar-refractivity contribution >= 4 is 24.0 Å². The van der Waals surface area contributed by atoms with Gasteiger partial charge in [0, 0.05) is 30.3 Å². The van der Waals surface area contributed by atoms with Gasteiger partial charge < -0.3 is 20.1 Å². The lowest BCUT2D eigenvalue weighted by molar-refractivity contribution is -0.117. The highest BCUT2D eigenvalue weighted by atomic mass is 35.5. The zero-order chi connectivity index (χ0) is 17.3. The molecule has 5 nitrogen and oxygen atoms in total. The Morgan fingerprint density at radius 2 is 1.88 bits per heavy atom. The normalized spacial score (nSPS) is 16.5. The molecule has 2 aromatic carbocycles. The van der Waals surface area contributed by atoms with Gasteiger partial charge in [-0.3, -0.25) is 4.79 Å². The minimum Gasteiger partial charge on any atom is -0.378 e. The molecule has 140 valence electrons. The Morgan fingerprint density at radius 1 is 1.12 bits per heavy atom. The summed E-state index contributed by atoms with van der Waals surface area (Å²) in [6, 6.07) is 17.9. The summed E-state index contributed by atoms with van der Waals surface area (Å²) in [5, 5.41) is 6.28. The Bertz CT molecular complexity index is 676. The maximum atomic E-state index is 12.3. The maximum absolute atomic E-state index is 12.3. The molecule has 0 saturated carbocycles. The van der Waals surface area contributed by atoms with E-state index in [1.807, 2.05) is 54.6 Å². The number of hydrogen-bond acceptors (Lipinski definition) is 4. The number of anilines is 1. The van der Waals surface area contributed by atoms with Gasteiger partial charge in [0.2, 0.25) is 5.91 Å². The van der Waals surface area contributed by atoms with Crippen LogP contribution in [0.1, 0.15) is 17.5 Å². The highest BCUT2D eigenvalue weighted by molar-refractivity contribution is 5.91. The Labute approximate surface area is 160 Å². The van der Waals surface area contributed by atoms with E-state index in [2.05, 4.69) is 10.6 Å². The Balaban J connectivity index is 0.00000243. The predicted octanol–water partition coefficient (Wildman–Crippen LogP) is 3.14. The van der Waals surface area contributed by atoms with Crippen molar-refractivity contribution in [1.29, 1.82) is 0 Å². The first kappa shape index (κ1) is 20.4. The number of nitrogens with one attached hydrogen (secondary N) is 2. The van der Waals surface area contributed by atoms with E-state index in [0.29, 0.717) is 32.8 Å². The van der Waals surface area contributed by atoms with Crippen LogP contribution in [0.4, 0.5) is 5.69 Å². The van der Waals surface area contributed by atoms with Gasteiger partial charge in [0.1, 0.15) is 0 Å². The fourth-order valence-corrected chi connectivity index (χ4v) is 2.80. The molecular weight excluding hydrogens is 352 g/mol. The number of rotatable bonds is 7. The lowest BCUT2D eigenvalue weighted by Crippen LogP contribution is -2.43. The highest BCUT2D eigenvalue weighted by Crippen LogP contribution is 2.17. The van der Waals surface area contributed by atoms with Crippen LogP contribution in [0, 0.1) is 0 Å². The molecule has 1 unspecified atom stereocenters. The van der Waals surface area contributed by atoms with Crippen molar-refractivity contribution in [3.8, 4) is 0 Å². The highest BCUT2D eigenvalue weighted by Gasteiger charge is 2.17. The van der Waals surface area contributed by atoms with Gasteiger partial charge in [-0.1, -0.05) is 48.5 Å². The van der Waals surface area contributed by atoms with Crippen molar-refractivity contribution in [1.82, 2.24) is 5.32 Å². The Kier molecular flexibility index (Phi) is 8.58. The number of amides is 1. The Hall–Kier alpha value is -1.92. The van der Waals surface area contributed by atoms with Crippen molar-refractivity contribution in [3.63, 3.8) is 0 Å². The number of benzene rings is 2. The number of carbonyl (C=O) groups is 1. The van der Waals surface area contributed by atoms with E-state index in [4.69, 9.17) is 9.47 Å². The first-order valence-electron chi connectivity index (χ1n) is 8.62. The lowest BCUT2D eigenvalue weighted by atomic mass is 10.1. The van der Waals surface area contributed by atoms with E-state index >= 15 is 0 Å². The molecule has 1 atom stereocenters. The fourth-order valence-electron chi connectivity index (χ4n) is 2.80. The van der Waals surface area contributed by atoms with Crippen LogP contribution in [-0.4, -0.2) is 31.7 Å². The molecule has 0 bridgehead atoms. The lowest BCUT2D eigenvalue weighted by Gasteiger charge is -2.23. The van der Waals surface area contributed by atoms with E-state index < -0.39 is 0 Å². The van der Waals surface area contributed by atoms with Crippen LogP contribution in [0.5, 0.6) is 0 Å². The van der Waals surface area contributed by atoms with Crippen molar-refractivity contribution in [2.75, 3.05) is 25.1 Å². The summed E-state index contributed by atoms with van der Waals surface area (Å²) in [5.74, 6) is -0.0153. The van der Waals surface area contributed by atoms with Crippen LogP contribution in [0.15, 0.2) is 54.6 Å².